The third-order valence-corrected chi connectivity index (χ3v) is 9.26. The fourth-order valence-electron chi connectivity index (χ4n) is 7.04. The number of hydrogen-bond donors (Lipinski definition) is 3. The van der Waals surface area contributed by atoms with E-state index in [1.807, 2.05) is 31.3 Å². The van der Waals surface area contributed by atoms with Crippen molar-refractivity contribution in [3.63, 3.8) is 0 Å². The fourth-order valence-corrected chi connectivity index (χ4v) is 7.04. The predicted molar refractivity (Wildman–Crippen MR) is 171 cm³/mol. The zero-order valence-electron chi connectivity index (χ0n) is 26.0. The van der Waals surface area contributed by atoms with Crippen molar-refractivity contribution in [1.29, 1.82) is 0 Å². The number of carbonyl (C=O) groups excluding carboxylic acids is 1. The first-order valence-electron chi connectivity index (χ1n) is 15.6. The minimum absolute atomic E-state index is 0.0113. The molecule has 5 heterocycles. The number of nitrogens with one attached hydrogen (secondary N) is 3. The second-order valence-corrected chi connectivity index (χ2v) is 12.8. The van der Waals surface area contributed by atoms with E-state index in [2.05, 4.69) is 64.8 Å². The number of hydrogen-bond acceptors (Lipinski definition) is 9. The molecule has 3 unspecified atom stereocenters. The minimum Gasteiger partial charge on any atom is -0.449 e. The van der Waals surface area contributed by atoms with Crippen LogP contribution in [0.2, 0.25) is 0 Å². The molecule has 10 heteroatoms. The van der Waals surface area contributed by atoms with Crippen molar-refractivity contribution < 1.29 is 14.3 Å². The summed E-state index contributed by atoms with van der Waals surface area (Å²) in [4.78, 5) is 26.2. The molecule has 3 N–H and O–H groups in total. The lowest BCUT2D eigenvalue weighted by Crippen LogP contribution is -2.49. The van der Waals surface area contributed by atoms with E-state index in [4.69, 9.17) is 14.5 Å². The maximum Gasteiger partial charge on any atom is 0.415 e. The second-order valence-electron chi connectivity index (χ2n) is 12.8. The van der Waals surface area contributed by atoms with Gasteiger partial charge in [0.15, 0.2) is 0 Å². The van der Waals surface area contributed by atoms with Gasteiger partial charge in [0, 0.05) is 55.5 Å². The Labute approximate surface area is 254 Å². The number of fused-ring (bicyclic) bond motifs is 1. The first kappa shape index (κ1) is 29.4. The first-order valence-corrected chi connectivity index (χ1v) is 15.6. The van der Waals surface area contributed by atoms with E-state index in [-0.39, 0.29) is 29.7 Å². The maximum absolute atomic E-state index is 12.7. The lowest BCUT2D eigenvalue weighted by molar-refractivity contribution is -0.0736. The predicted octanol–water partition coefficient (Wildman–Crippen LogP) is 4.78. The number of benzene rings is 1. The minimum atomic E-state index is -0.350. The van der Waals surface area contributed by atoms with Gasteiger partial charge in [-0.2, -0.15) is 0 Å². The molecule has 2 aromatic rings. The summed E-state index contributed by atoms with van der Waals surface area (Å²) in [5, 5.41) is 10.8. The fraction of sp³-hybridized carbons (Fsp3) is 0.545. The maximum atomic E-state index is 12.7. The number of carbonyl (C=O) groups is 1. The zero-order chi connectivity index (χ0) is 30.1. The van der Waals surface area contributed by atoms with Crippen LogP contribution in [0.5, 0.6) is 0 Å². The zero-order valence-corrected chi connectivity index (χ0v) is 26.0. The highest BCUT2D eigenvalue weighted by Crippen LogP contribution is 2.43. The molecule has 0 aliphatic carbocycles. The summed E-state index contributed by atoms with van der Waals surface area (Å²) in [7, 11) is 1.81. The van der Waals surface area contributed by atoms with Gasteiger partial charge in [0.2, 0.25) is 0 Å². The Bertz CT molecular complexity index is 1400. The van der Waals surface area contributed by atoms with Crippen LogP contribution in [0.25, 0.3) is 0 Å². The number of amides is 1. The lowest BCUT2D eigenvalue weighted by Gasteiger charge is -2.42. The summed E-state index contributed by atoms with van der Waals surface area (Å²) in [6.45, 7) is 12.2. The Morgan fingerprint density at radius 1 is 1.16 bits per heavy atom. The number of anilines is 3. The summed E-state index contributed by atoms with van der Waals surface area (Å²) in [5.41, 5.74) is 4.65. The Hall–Kier alpha value is -3.63. The van der Waals surface area contributed by atoms with Gasteiger partial charge in [-0.05, 0) is 88.4 Å². The van der Waals surface area contributed by atoms with Crippen LogP contribution in [-0.4, -0.2) is 75.0 Å². The highest BCUT2D eigenvalue weighted by molar-refractivity contribution is 5.88. The SMILES string of the molecule is CN=CC1=C(NCNc2ccc(C3CCNC3)c(C)c2)N(c2cccc(N3C(=O)OCC[C@@H]3C)n2)C2CC(C)(C)OCC12. The van der Waals surface area contributed by atoms with Gasteiger partial charge in [0.25, 0.3) is 0 Å². The van der Waals surface area contributed by atoms with Crippen LogP contribution >= 0.6 is 0 Å². The van der Waals surface area contributed by atoms with Crippen molar-refractivity contribution in [2.24, 2.45) is 10.9 Å². The molecule has 4 aliphatic rings. The Kier molecular flexibility index (Phi) is 8.33. The molecule has 0 bridgehead atoms. The standard InChI is InChI=1S/C33H45N7O3/c1-21-15-24(9-10-25(21)23-11-13-35-17-23)36-20-37-31-26(18-34-5)27-19-43-33(3,4)16-28(27)40(31)30-8-6-7-29(38-30)39-22(2)12-14-42-32(39)41/h6-10,15,18,22-23,27-28,35-37H,11-14,16-17,19-20H2,1-5H3/t22-,23?,27?,28?/m0/s1. The van der Waals surface area contributed by atoms with E-state index in [0.717, 1.165) is 48.8 Å². The van der Waals surface area contributed by atoms with Gasteiger partial charge in [-0.1, -0.05) is 12.1 Å². The molecule has 0 spiro atoms. The summed E-state index contributed by atoms with van der Waals surface area (Å²) >= 11 is 0. The molecule has 4 aliphatic heterocycles. The number of pyridine rings is 1. The molecule has 3 fully saturated rings. The van der Waals surface area contributed by atoms with E-state index in [0.29, 0.717) is 31.6 Å². The Balaban J connectivity index is 1.29. The highest BCUT2D eigenvalue weighted by atomic mass is 16.6. The molecular weight excluding hydrogens is 542 g/mol. The van der Waals surface area contributed by atoms with Gasteiger partial charge < -0.3 is 30.3 Å². The number of cyclic esters (lactones) is 1. The van der Waals surface area contributed by atoms with Crippen LogP contribution in [0.15, 0.2) is 52.8 Å². The molecule has 1 aromatic heterocycles. The molecule has 4 atom stereocenters. The van der Waals surface area contributed by atoms with Gasteiger partial charge >= 0.3 is 6.09 Å². The number of aromatic nitrogens is 1. The van der Waals surface area contributed by atoms with Gasteiger partial charge in [-0.15, -0.1) is 0 Å². The quantitative estimate of drug-likeness (QED) is 0.300. The third-order valence-electron chi connectivity index (χ3n) is 9.26. The van der Waals surface area contributed by atoms with Crippen molar-refractivity contribution in [3.8, 4) is 0 Å². The number of ether oxygens (including phenoxy) is 2. The molecule has 3 saturated heterocycles. The third kappa shape index (κ3) is 5.95. The number of rotatable bonds is 8. The normalized spacial score (nSPS) is 27.0. The van der Waals surface area contributed by atoms with Crippen molar-refractivity contribution >= 4 is 29.6 Å². The summed E-state index contributed by atoms with van der Waals surface area (Å²) in [5.74, 6) is 3.06. The molecule has 1 aromatic carbocycles. The molecule has 1 amide bonds. The molecule has 6 rings (SSSR count). The van der Waals surface area contributed by atoms with Gasteiger partial charge in [0.05, 0.1) is 25.5 Å². The van der Waals surface area contributed by atoms with Gasteiger partial charge in [-0.3, -0.25) is 9.89 Å². The molecule has 0 saturated carbocycles. The van der Waals surface area contributed by atoms with Crippen LogP contribution in [-0.2, 0) is 9.47 Å². The molecule has 230 valence electrons. The van der Waals surface area contributed by atoms with E-state index in [1.54, 1.807) is 11.9 Å². The van der Waals surface area contributed by atoms with Crippen LogP contribution < -0.4 is 25.8 Å². The van der Waals surface area contributed by atoms with Crippen molar-refractivity contribution in [2.45, 2.75) is 70.6 Å². The Morgan fingerprint density at radius 2 is 1.98 bits per heavy atom. The molecule has 10 nitrogen and oxygen atoms in total. The van der Waals surface area contributed by atoms with Crippen molar-refractivity contribution in [2.75, 3.05) is 55.1 Å². The van der Waals surface area contributed by atoms with E-state index < -0.39 is 0 Å². The van der Waals surface area contributed by atoms with Crippen LogP contribution in [0.1, 0.15) is 57.1 Å². The summed E-state index contributed by atoms with van der Waals surface area (Å²) in [6.07, 6.45) is 4.38. The van der Waals surface area contributed by atoms with Gasteiger partial charge in [0.1, 0.15) is 17.5 Å². The van der Waals surface area contributed by atoms with Gasteiger partial charge in [-0.25, -0.2) is 9.78 Å². The van der Waals surface area contributed by atoms with Crippen LogP contribution in [0, 0.1) is 12.8 Å². The smallest absolute Gasteiger partial charge is 0.415 e. The summed E-state index contributed by atoms with van der Waals surface area (Å²) in [6, 6.07) is 12.7. The van der Waals surface area contributed by atoms with E-state index >= 15 is 0 Å². The summed E-state index contributed by atoms with van der Waals surface area (Å²) < 4.78 is 11.7. The van der Waals surface area contributed by atoms with Crippen molar-refractivity contribution in [3.05, 3.63) is 58.9 Å². The molecule has 0 radical (unpaired) electrons. The van der Waals surface area contributed by atoms with E-state index in [1.165, 1.54) is 17.5 Å². The monoisotopic (exact) mass is 587 g/mol. The largest absolute Gasteiger partial charge is 0.449 e. The number of aliphatic imine (C=N–C) groups is 1. The Morgan fingerprint density at radius 3 is 2.70 bits per heavy atom. The average molecular weight is 588 g/mol. The average Bonchev–Trinajstić information content (AvgIpc) is 3.60. The highest BCUT2D eigenvalue weighted by Gasteiger charge is 2.48. The lowest BCUT2D eigenvalue weighted by atomic mass is 9.84. The number of nitrogens with zero attached hydrogens (tertiary/aromatic N) is 4. The molecular formula is C33H45N7O3. The number of aryl methyl sites for hydroxylation is 1. The second kappa shape index (κ2) is 12.2. The van der Waals surface area contributed by atoms with E-state index in [9.17, 15) is 4.79 Å². The molecule has 43 heavy (non-hydrogen) atoms. The topological polar surface area (TPSA) is 103 Å². The van der Waals surface area contributed by atoms with Crippen LogP contribution in [0.3, 0.4) is 0 Å². The van der Waals surface area contributed by atoms with Crippen molar-refractivity contribution in [1.82, 2.24) is 15.6 Å². The first-order chi connectivity index (χ1) is 20.8. The van der Waals surface area contributed by atoms with Crippen LogP contribution in [0.4, 0.5) is 22.1 Å².